The lowest BCUT2D eigenvalue weighted by Gasteiger charge is -2.31. The number of amides is 1. The summed E-state index contributed by atoms with van der Waals surface area (Å²) in [5.41, 5.74) is 1.89. The molecule has 156 valence electrons. The van der Waals surface area contributed by atoms with Crippen LogP contribution in [0.1, 0.15) is 53.4 Å². The quantitative estimate of drug-likeness (QED) is 0.691. The number of halogens is 1. The first kappa shape index (κ1) is 19.4. The molecule has 1 N–H and O–H groups in total. The van der Waals surface area contributed by atoms with E-state index >= 15 is 0 Å². The number of piperidine rings is 1. The van der Waals surface area contributed by atoms with Crippen LogP contribution in [0.5, 0.6) is 0 Å². The minimum absolute atomic E-state index is 0.0148. The van der Waals surface area contributed by atoms with Gasteiger partial charge in [0.25, 0.3) is 5.56 Å². The molecule has 1 aromatic carbocycles. The minimum atomic E-state index is -0.320. The summed E-state index contributed by atoms with van der Waals surface area (Å²) in [7, 11) is 0. The van der Waals surface area contributed by atoms with Gasteiger partial charge in [-0.15, -0.1) is 11.3 Å². The molecule has 30 heavy (non-hydrogen) atoms. The molecule has 5 rings (SSSR count). The summed E-state index contributed by atoms with van der Waals surface area (Å²) in [5, 5.41) is 0.793. The molecule has 1 aliphatic carbocycles. The number of likely N-dealkylation sites (tertiary alicyclic amines) is 1. The van der Waals surface area contributed by atoms with Crippen molar-refractivity contribution in [3.8, 4) is 0 Å². The Bertz CT molecular complexity index is 1160. The molecule has 0 atom stereocenters. The number of fused-ring (bicyclic) bond motifs is 3. The van der Waals surface area contributed by atoms with Gasteiger partial charge in [-0.2, -0.15) is 0 Å². The molecule has 0 unspecified atom stereocenters. The molecule has 2 aromatic heterocycles. The van der Waals surface area contributed by atoms with Crippen LogP contribution in [0.25, 0.3) is 10.2 Å². The van der Waals surface area contributed by atoms with Gasteiger partial charge in [0.2, 0.25) is 5.91 Å². The highest BCUT2D eigenvalue weighted by molar-refractivity contribution is 7.18. The monoisotopic (exact) mass is 425 g/mol. The maximum atomic E-state index is 13.4. The van der Waals surface area contributed by atoms with Crippen LogP contribution in [-0.4, -0.2) is 33.9 Å². The number of hydrogen-bond acceptors (Lipinski definition) is 4. The number of hydrogen-bond donors (Lipinski definition) is 1. The van der Waals surface area contributed by atoms with Gasteiger partial charge in [-0.1, -0.05) is 12.1 Å². The number of nitrogens with one attached hydrogen (secondary N) is 1. The van der Waals surface area contributed by atoms with Crippen molar-refractivity contribution in [3.05, 3.63) is 62.3 Å². The Hall–Kier alpha value is -2.54. The van der Waals surface area contributed by atoms with Crippen molar-refractivity contribution in [2.75, 3.05) is 13.1 Å². The number of thiophene rings is 1. The molecular weight excluding hydrogens is 401 g/mol. The number of carbonyl (C=O) groups excluding carboxylic acids is 1. The van der Waals surface area contributed by atoms with Gasteiger partial charge in [0, 0.05) is 23.9 Å². The molecule has 2 aliphatic rings. The van der Waals surface area contributed by atoms with Crippen molar-refractivity contribution in [1.29, 1.82) is 0 Å². The normalized spacial score (nSPS) is 17.3. The van der Waals surface area contributed by atoms with Crippen LogP contribution in [0, 0.1) is 5.82 Å². The van der Waals surface area contributed by atoms with Gasteiger partial charge in [-0.3, -0.25) is 9.59 Å². The highest BCUT2D eigenvalue weighted by atomic mass is 32.1. The highest BCUT2D eigenvalue weighted by Crippen LogP contribution is 2.35. The lowest BCUT2D eigenvalue weighted by molar-refractivity contribution is -0.131. The van der Waals surface area contributed by atoms with Crippen LogP contribution in [0.3, 0.4) is 0 Å². The number of carbonyl (C=O) groups is 1. The van der Waals surface area contributed by atoms with E-state index in [2.05, 4.69) is 4.98 Å². The van der Waals surface area contributed by atoms with Gasteiger partial charge in [0.05, 0.1) is 11.8 Å². The number of benzene rings is 1. The molecule has 0 bridgehead atoms. The summed E-state index contributed by atoms with van der Waals surface area (Å²) < 4.78 is 13.4. The second kappa shape index (κ2) is 7.95. The van der Waals surface area contributed by atoms with E-state index in [0.29, 0.717) is 18.7 Å². The van der Waals surface area contributed by atoms with E-state index < -0.39 is 0 Å². The molecule has 5 nitrogen and oxygen atoms in total. The highest BCUT2D eigenvalue weighted by Gasteiger charge is 2.27. The van der Waals surface area contributed by atoms with E-state index in [4.69, 9.17) is 4.98 Å². The van der Waals surface area contributed by atoms with Crippen LogP contribution < -0.4 is 5.56 Å². The lowest BCUT2D eigenvalue weighted by atomic mass is 9.95. The average Bonchev–Trinajstić information content (AvgIpc) is 3.13. The number of H-pyrrole nitrogens is 1. The molecule has 3 heterocycles. The van der Waals surface area contributed by atoms with Crippen molar-refractivity contribution in [3.63, 3.8) is 0 Å². The van der Waals surface area contributed by atoms with Crippen molar-refractivity contribution in [2.45, 2.75) is 50.9 Å². The maximum absolute atomic E-state index is 13.4. The first-order valence-corrected chi connectivity index (χ1v) is 11.5. The Morgan fingerprint density at radius 3 is 2.83 bits per heavy atom. The molecule has 1 saturated heterocycles. The zero-order valence-electron chi connectivity index (χ0n) is 16.7. The third-order valence-corrected chi connectivity index (χ3v) is 7.51. The van der Waals surface area contributed by atoms with E-state index in [0.717, 1.165) is 48.1 Å². The number of aryl methyl sites for hydroxylation is 2. The van der Waals surface area contributed by atoms with Crippen LogP contribution in [0.15, 0.2) is 29.1 Å². The Balaban J connectivity index is 1.29. The molecule has 0 radical (unpaired) electrons. The predicted octanol–water partition coefficient (Wildman–Crippen LogP) is 3.95. The Morgan fingerprint density at radius 1 is 1.23 bits per heavy atom. The van der Waals surface area contributed by atoms with Crippen molar-refractivity contribution in [1.82, 2.24) is 14.9 Å². The summed E-state index contributed by atoms with van der Waals surface area (Å²) >= 11 is 1.67. The zero-order valence-corrected chi connectivity index (χ0v) is 17.6. The summed E-state index contributed by atoms with van der Waals surface area (Å²) in [6.45, 7) is 1.25. The molecule has 7 heteroatoms. The molecule has 3 aromatic rings. The number of nitrogens with zero attached hydrogens (tertiary/aromatic N) is 2. The Kier molecular flexibility index (Phi) is 5.15. The predicted molar refractivity (Wildman–Crippen MR) is 116 cm³/mol. The Labute approximate surface area is 178 Å². The van der Waals surface area contributed by atoms with Crippen LogP contribution >= 0.6 is 11.3 Å². The van der Waals surface area contributed by atoms with E-state index in [-0.39, 0.29) is 29.6 Å². The average molecular weight is 426 g/mol. The van der Waals surface area contributed by atoms with Crippen molar-refractivity contribution < 1.29 is 9.18 Å². The maximum Gasteiger partial charge on any atom is 0.259 e. The molecular formula is C23H24FN3O2S. The molecule has 0 spiro atoms. The third-order valence-electron chi connectivity index (χ3n) is 6.32. The van der Waals surface area contributed by atoms with Crippen molar-refractivity contribution >= 4 is 27.5 Å². The smallest absolute Gasteiger partial charge is 0.259 e. The molecule has 1 amide bonds. The SMILES string of the molecule is O=C(Cc1cccc(F)c1)N1CCC(c2nc3sc4c(c3c(=O)[nH]2)CCCC4)CC1. The van der Waals surface area contributed by atoms with E-state index in [9.17, 15) is 14.0 Å². The lowest BCUT2D eigenvalue weighted by Crippen LogP contribution is -2.39. The zero-order chi connectivity index (χ0) is 20.7. The third kappa shape index (κ3) is 3.67. The van der Waals surface area contributed by atoms with Gasteiger partial charge in [0.15, 0.2) is 0 Å². The fraction of sp³-hybridized carbons (Fsp3) is 0.435. The second-order valence-corrected chi connectivity index (χ2v) is 9.39. The van der Waals surface area contributed by atoms with E-state index in [1.165, 1.54) is 29.0 Å². The van der Waals surface area contributed by atoms with Gasteiger partial charge < -0.3 is 9.88 Å². The van der Waals surface area contributed by atoms with Gasteiger partial charge in [-0.25, -0.2) is 9.37 Å². The first-order valence-electron chi connectivity index (χ1n) is 10.6. The summed E-state index contributed by atoms with van der Waals surface area (Å²) in [4.78, 5) is 37.3. The molecule has 0 saturated carbocycles. The minimum Gasteiger partial charge on any atom is -0.342 e. The summed E-state index contributed by atoms with van der Waals surface area (Å²) in [6.07, 6.45) is 6.12. The van der Waals surface area contributed by atoms with Gasteiger partial charge >= 0.3 is 0 Å². The second-order valence-electron chi connectivity index (χ2n) is 8.30. The standard InChI is InChI=1S/C23H24FN3O2S/c24-16-5-3-4-14(12-16)13-19(28)27-10-8-15(9-11-27)21-25-22(29)20-17-6-1-2-7-18(17)30-23(20)26-21/h3-5,12,15H,1-2,6-11,13H2,(H,25,26,29). The summed E-state index contributed by atoms with van der Waals surface area (Å²) in [5.74, 6) is 0.601. The molecule has 1 aliphatic heterocycles. The van der Waals surface area contributed by atoms with E-state index in [1.807, 2.05) is 4.90 Å². The number of aromatic amines is 1. The largest absolute Gasteiger partial charge is 0.342 e. The number of rotatable bonds is 3. The van der Waals surface area contributed by atoms with Crippen LogP contribution in [0.4, 0.5) is 4.39 Å². The number of aromatic nitrogens is 2. The summed E-state index contributed by atoms with van der Waals surface area (Å²) in [6, 6.07) is 6.20. The van der Waals surface area contributed by atoms with Crippen LogP contribution in [0.2, 0.25) is 0 Å². The Morgan fingerprint density at radius 2 is 2.03 bits per heavy atom. The van der Waals surface area contributed by atoms with E-state index in [1.54, 1.807) is 23.5 Å². The fourth-order valence-electron chi connectivity index (χ4n) is 4.71. The molecule has 1 fully saturated rings. The first-order chi connectivity index (χ1) is 14.6. The van der Waals surface area contributed by atoms with Gasteiger partial charge in [-0.05, 0) is 61.8 Å². The van der Waals surface area contributed by atoms with Crippen molar-refractivity contribution in [2.24, 2.45) is 0 Å². The van der Waals surface area contributed by atoms with Crippen LogP contribution in [-0.2, 0) is 24.1 Å². The topological polar surface area (TPSA) is 66.1 Å². The fourth-order valence-corrected chi connectivity index (χ4v) is 5.98. The van der Waals surface area contributed by atoms with Gasteiger partial charge in [0.1, 0.15) is 16.5 Å².